The van der Waals surface area contributed by atoms with Gasteiger partial charge in [-0.25, -0.2) is 9.97 Å². The molecule has 0 spiro atoms. The average molecular weight is 495 g/mol. The zero-order valence-electron chi connectivity index (χ0n) is 19.2. The van der Waals surface area contributed by atoms with Crippen LogP contribution in [0.3, 0.4) is 0 Å². The van der Waals surface area contributed by atoms with Crippen molar-refractivity contribution in [2.24, 2.45) is 12.8 Å². The number of imidazole rings is 1. The Balaban J connectivity index is 1.55. The van der Waals surface area contributed by atoms with Gasteiger partial charge in [-0.3, -0.25) is 0 Å². The van der Waals surface area contributed by atoms with Gasteiger partial charge in [-0.05, 0) is 37.7 Å². The fourth-order valence-electron chi connectivity index (χ4n) is 4.08. The van der Waals surface area contributed by atoms with E-state index in [-0.39, 0.29) is 12.4 Å². The summed E-state index contributed by atoms with van der Waals surface area (Å²) >= 11 is 4.27. The third-order valence-electron chi connectivity index (χ3n) is 6.07. The third kappa shape index (κ3) is 5.48. The van der Waals surface area contributed by atoms with Crippen LogP contribution in [0.2, 0.25) is 0 Å². The van der Waals surface area contributed by atoms with Gasteiger partial charge >= 0.3 is 6.18 Å². The first-order chi connectivity index (χ1) is 16.1. The molecule has 4 rings (SSSR count). The fraction of sp³-hybridized carbons (Fsp3) is 0.478. The summed E-state index contributed by atoms with van der Waals surface area (Å²) in [6, 6.07) is 5.73. The first-order valence-electron chi connectivity index (χ1n) is 11.1. The van der Waals surface area contributed by atoms with E-state index < -0.39 is 17.1 Å². The van der Waals surface area contributed by atoms with Gasteiger partial charge < -0.3 is 24.8 Å². The molecule has 34 heavy (non-hydrogen) atoms. The Hall–Kier alpha value is -2.34. The summed E-state index contributed by atoms with van der Waals surface area (Å²) < 4.78 is 49.0. The number of nitrogens with two attached hydrogens (primary N) is 1. The Kier molecular flexibility index (Phi) is 7.36. The molecule has 0 saturated carbocycles. The van der Waals surface area contributed by atoms with E-state index in [2.05, 4.69) is 39.4 Å². The molecule has 1 aromatic carbocycles. The lowest BCUT2D eigenvalue weighted by Crippen LogP contribution is -2.44. The van der Waals surface area contributed by atoms with Crippen molar-refractivity contribution in [3.63, 3.8) is 0 Å². The van der Waals surface area contributed by atoms with Gasteiger partial charge in [-0.2, -0.15) is 25.8 Å². The van der Waals surface area contributed by atoms with E-state index in [1.165, 1.54) is 6.07 Å². The molecular weight excluding hydrogens is 465 g/mol. The Labute approximate surface area is 202 Å². The predicted molar refractivity (Wildman–Crippen MR) is 129 cm³/mol. The summed E-state index contributed by atoms with van der Waals surface area (Å²) in [5, 5.41) is -0.720. The first kappa shape index (κ1) is 24.8. The standard InChI is InChI=1S/C23H29F3N6OS/c1-30-7-9-32(10-8-30)6-3-11-33-19-5-4-15(12-16(19)23(24,25)26)17-13-18-20(28-14-31(18)2)21(29-17)22(27)34/h4-5,12-14,22,34H,3,6-11,27H2,1-2H3/t22-/m0/s1. The second kappa shape index (κ2) is 10.1. The Bertz CT molecular complexity index is 1140. The van der Waals surface area contributed by atoms with Crippen LogP contribution in [-0.4, -0.2) is 70.7 Å². The minimum atomic E-state index is -4.57. The number of fused-ring (bicyclic) bond motifs is 1. The van der Waals surface area contributed by atoms with Crippen molar-refractivity contribution in [1.29, 1.82) is 0 Å². The number of alkyl halides is 3. The van der Waals surface area contributed by atoms with Gasteiger partial charge in [0.05, 0.1) is 40.8 Å². The van der Waals surface area contributed by atoms with Crippen LogP contribution >= 0.6 is 12.6 Å². The fourth-order valence-corrected chi connectivity index (χ4v) is 4.26. The van der Waals surface area contributed by atoms with E-state index in [4.69, 9.17) is 10.5 Å². The van der Waals surface area contributed by atoms with Gasteiger partial charge in [0.2, 0.25) is 0 Å². The summed E-state index contributed by atoms with van der Waals surface area (Å²) in [7, 11) is 3.88. The zero-order chi connectivity index (χ0) is 24.5. The number of thiol groups is 1. The Morgan fingerprint density at radius 3 is 2.56 bits per heavy atom. The maximum Gasteiger partial charge on any atom is 0.419 e. The molecule has 1 atom stereocenters. The van der Waals surface area contributed by atoms with Gasteiger partial charge in [0.25, 0.3) is 0 Å². The highest BCUT2D eigenvalue weighted by Crippen LogP contribution is 2.39. The molecule has 0 bridgehead atoms. The van der Waals surface area contributed by atoms with Gasteiger partial charge in [0, 0.05) is 45.3 Å². The molecular formula is C23H29F3N6OS. The molecule has 2 aromatic heterocycles. The normalized spacial score (nSPS) is 16.8. The average Bonchev–Trinajstić information content (AvgIpc) is 3.17. The van der Waals surface area contributed by atoms with Crippen molar-refractivity contribution in [1.82, 2.24) is 24.3 Å². The number of pyridine rings is 1. The molecule has 11 heteroatoms. The number of aromatic nitrogens is 3. The lowest BCUT2D eigenvalue weighted by Gasteiger charge is -2.32. The third-order valence-corrected chi connectivity index (χ3v) is 6.32. The van der Waals surface area contributed by atoms with E-state index in [1.807, 2.05) is 0 Å². The number of benzene rings is 1. The Morgan fingerprint density at radius 1 is 1.15 bits per heavy atom. The molecule has 2 N–H and O–H groups in total. The number of hydrogen-bond donors (Lipinski definition) is 2. The monoisotopic (exact) mass is 494 g/mol. The summed E-state index contributed by atoms with van der Waals surface area (Å²) in [6.07, 6.45) is -2.30. The van der Waals surface area contributed by atoms with Crippen LogP contribution in [-0.2, 0) is 13.2 Å². The molecule has 3 aromatic rings. The van der Waals surface area contributed by atoms with Crippen molar-refractivity contribution in [2.45, 2.75) is 18.0 Å². The number of halogens is 3. The number of likely N-dealkylation sites (N-methyl/N-ethyl adjacent to an activating group) is 1. The van der Waals surface area contributed by atoms with Crippen LogP contribution in [0.15, 0.2) is 30.6 Å². The lowest BCUT2D eigenvalue weighted by atomic mass is 10.0. The second-order valence-electron chi connectivity index (χ2n) is 8.62. The largest absolute Gasteiger partial charge is 0.493 e. The smallest absolute Gasteiger partial charge is 0.419 e. The lowest BCUT2D eigenvalue weighted by molar-refractivity contribution is -0.138. The molecule has 0 radical (unpaired) electrons. The topological polar surface area (TPSA) is 72.4 Å². The van der Waals surface area contributed by atoms with Crippen molar-refractivity contribution < 1.29 is 17.9 Å². The van der Waals surface area contributed by atoms with Gasteiger partial charge in [-0.15, -0.1) is 0 Å². The van der Waals surface area contributed by atoms with E-state index in [0.717, 1.165) is 38.8 Å². The second-order valence-corrected chi connectivity index (χ2v) is 9.17. The summed E-state index contributed by atoms with van der Waals surface area (Å²) in [4.78, 5) is 13.3. The van der Waals surface area contributed by atoms with Crippen molar-refractivity contribution in [2.75, 3.05) is 46.4 Å². The van der Waals surface area contributed by atoms with E-state index in [1.54, 1.807) is 30.1 Å². The van der Waals surface area contributed by atoms with Crippen LogP contribution in [0.4, 0.5) is 13.2 Å². The van der Waals surface area contributed by atoms with Crippen LogP contribution in [0.25, 0.3) is 22.3 Å². The van der Waals surface area contributed by atoms with Gasteiger partial charge in [0.1, 0.15) is 11.3 Å². The van der Waals surface area contributed by atoms with Crippen LogP contribution in [0, 0.1) is 0 Å². The zero-order valence-corrected chi connectivity index (χ0v) is 20.1. The maximum absolute atomic E-state index is 13.9. The molecule has 1 saturated heterocycles. The molecule has 1 aliphatic heterocycles. The Morgan fingerprint density at radius 2 is 1.88 bits per heavy atom. The number of rotatable bonds is 7. The minimum absolute atomic E-state index is 0.178. The molecule has 184 valence electrons. The van der Waals surface area contributed by atoms with E-state index >= 15 is 0 Å². The summed E-state index contributed by atoms with van der Waals surface area (Å²) in [5.74, 6) is -0.178. The van der Waals surface area contributed by atoms with Crippen LogP contribution in [0.1, 0.15) is 23.1 Å². The number of hydrogen-bond acceptors (Lipinski definition) is 7. The molecule has 3 heterocycles. The number of piperazine rings is 1. The number of nitrogens with zero attached hydrogens (tertiary/aromatic N) is 5. The quantitative estimate of drug-likeness (QED) is 0.297. The maximum atomic E-state index is 13.9. The molecule has 0 aliphatic carbocycles. The highest BCUT2D eigenvalue weighted by Gasteiger charge is 2.35. The van der Waals surface area contributed by atoms with E-state index in [9.17, 15) is 13.2 Å². The molecule has 1 fully saturated rings. The SMILES string of the molecule is CN1CCN(CCCOc2ccc(-c3cc4c(ncn4C)c([C@@H](N)S)n3)cc2C(F)(F)F)CC1. The van der Waals surface area contributed by atoms with Gasteiger partial charge in [-0.1, -0.05) is 0 Å². The van der Waals surface area contributed by atoms with Crippen molar-refractivity contribution >= 4 is 23.7 Å². The van der Waals surface area contributed by atoms with Crippen LogP contribution < -0.4 is 10.5 Å². The number of aryl methyl sites for hydroxylation is 1. The van der Waals surface area contributed by atoms with E-state index in [0.29, 0.717) is 34.4 Å². The summed E-state index contributed by atoms with van der Waals surface area (Å²) in [6.45, 7) is 4.94. The highest BCUT2D eigenvalue weighted by molar-refractivity contribution is 7.80. The molecule has 7 nitrogen and oxygen atoms in total. The minimum Gasteiger partial charge on any atom is -0.493 e. The summed E-state index contributed by atoms with van der Waals surface area (Å²) in [5.41, 5.74) is 7.48. The number of ether oxygens (including phenoxy) is 1. The molecule has 1 aliphatic rings. The van der Waals surface area contributed by atoms with Crippen LogP contribution in [0.5, 0.6) is 5.75 Å². The predicted octanol–water partition coefficient (Wildman–Crippen LogP) is 3.56. The van der Waals surface area contributed by atoms with Gasteiger partial charge in [0.15, 0.2) is 0 Å². The van der Waals surface area contributed by atoms with Crippen molar-refractivity contribution in [3.05, 3.63) is 41.9 Å². The molecule has 0 amide bonds. The first-order valence-corrected chi connectivity index (χ1v) is 11.7. The highest BCUT2D eigenvalue weighted by atomic mass is 32.1. The van der Waals surface area contributed by atoms with Crippen molar-refractivity contribution in [3.8, 4) is 17.0 Å². The molecule has 0 unspecified atom stereocenters.